The molecule has 0 spiro atoms. The van der Waals surface area contributed by atoms with Crippen LogP contribution >= 0.6 is 0 Å². The number of para-hydroxylation sites is 1. The largest absolute Gasteiger partial charge is 0.480 e. The van der Waals surface area contributed by atoms with Crippen molar-refractivity contribution in [3.63, 3.8) is 0 Å². The van der Waals surface area contributed by atoms with E-state index in [1.807, 2.05) is 38.1 Å². The fourth-order valence-electron chi connectivity index (χ4n) is 6.86. The molecule has 0 unspecified atom stereocenters. The van der Waals surface area contributed by atoms with E-state index in [4.69, 9.17) is 16.9 Å². The molecule has 9 atom stereocenters. The van der Waals surface area contributed by atoms with Gasteiger partial charge in [0.05, 0.1) is 12.1 Å². The first-order valence-corrected chi connectivity index (χ1v) is 22.2. The van der Waals surface area contributed by atoms with Gasteiger partial charge >= 0.3 is 5.97 Å². The number of carboxylic acids is 1. The van der Waals surface area contributed by atoms with Gasteiger partial charge in [0.1, 0.15) is 42.3 Å². The molecule has 22 heteroatoms. The fourth-order valence-corrected chi connectivity index (χ4v) is 6.86. The molecule has 368 valence electrons. The number of H-pyrrole nitrogens is 1. The summed E-state index contributed by atoms with van der Waals surface area (Å²) in [5.41, 5.74) is 12.6. The molecule has 0 saturated heterocycles. The molecule has 0 aliphatic heterocycles. The smallest absolute Gasteiger partial charge is 0.325 e. The number of guanidine groups is 1. The van der Waals surface area contributed by atoms with Gasteiger partial charge in [-0.1, -0.05) is 59.7 Å². The molecule has 16 N–H and O–H groups in total. The van der Waals surface area contributed by atoms with E-state index < -0.39 is 108 Å². The molecule has 7 amide bonds. The van der Waals surface area contributed by atoms with Gasteiger partial charge in [0.25, 0.3) is 0 Å². The van der Waals surface area contributed by atoms with Crippen LogP contribution in [0.2, 0.25) is 0 Å². The zero-order chi connectivity index (χ0) is 50.0. The third-order valence-corrected chi connectivity index (χ3v) is 10.5. The number of benzene rings is 1. The van der Waals surface area contributed by atoms with Crippen LogP contribution in [0.25, 0.3) is 10.9 Å². The molecular weight excluding hydrogens is 857 g/mol. The Labute approximate surface area is 385 Å². The highest BCUT2D eigenvalue weighted by Gasteiger charge is 2.36. The number of nitrogens with two attached hydrogens (primary N) is 2. The highest BCUT2D eigenvalue weighted by molar-refractivity contribution is 5.98. The highest BCUT2D eigenvalue weighted by atomic mass is 16.4. The van der Waals surface area contributed by atoms with Gasteiger partial charge in [0.15, 0.2) is 5.96 Å². The maximum absolute atomic E-state index is 14.5. The van der Waals surface area contributed by atoms with E-state index in [0.29, 0.717) is 5.56 Å². The van der Waals surface area contributed by atoms with Crippen LogP contribution < -0.4 is 54.0 Å². The number of aromatic amines is 1. The Morgan fingerprint density at radius 1 is 0.652 bits per heavy atom. The summed E-state index contributed by atoms with van der Waals surface area (Å²) in [4.78, 5) is 110. The van der Waals surface area contributed by atoms with Crippen molar-refractivity contribution < 1.29 is 48.6 Å². The van der Waals surface area contributed by atoms with Crippen molar-refractivity contribution in [1.82, 2.24) is 47.5 Å². The van der Waals surface area contributed by atoms with Gasteiger partial charge in [-0.3, -0.25) is 43.8 Å². The monoisotopic (exact) mass is 929 g/mol. The van der Waals surface area contributed by atoms with E-state index in [2.05, 4.69) is 47.5 Å². The number of fused-ring (bicyclic) bond motifs is 1. The summed E-state index contributed by atoms with van der Waals surface area (Å²) in [6.07, 6.45) is 0.560. The van der Waals surface area contributed by atoms with Gasteiger partial charge in [-0.05, 0) is 75.8 Å². The van der Waals surface area contributed by atoms with E-state index in [-0.39, 0.29) is 56.4 Å². The molecule has 0 aliphatic rings. The third kappa shape index (κ3) is 18.3. The maximum Gasteiger partial charge on any atom is 0.325 e. The van der Waals surface area contributed by atoms with E-state index in [0.717, 1.165) is 10.9 Å². The van der Waals surface area contributed by atoms with Crippen LogP contribution in [-0.4, -0.2) is 129 Å². The number of carbonyl (C=O) groups excluding carboxylic acids is 7. The SMILES string of the molecule is CC(C)C[C@H](NC(=O)[C@H](Cc1c[nH]c2ccccc12)NC(=O)[C@H](CCCNC(=N)N)NC(=O)[C@@H](NC(=O)[C@H](C)N)C(C)C)C(=O)N[C@@H](CC(C)C)C(=O)N[C@H](C(=O)N[C@@H](C)C(=O)O)[C@@H](C)O. The average Bonchev–Trinajstić information content (AvgIpc) is 3.63. The third-order valence-electron chi connectivity index (χ3n) is 10.5. The summed E-state index contributed by atoms with van der Waals surface area (Å²) in [5.74, 6) is -7.78. The van der Waals surface area contributed by atoms with Gasteiger partial charge in [-0.15, -0.1) is 0 Å². The van der Waals surface area contributed by atoms with E-state index in [9.17, 15) is 48.6 Å². The van der Waals surface area contributed by atoms with Gasteiger partial charge < -0.3 is 69.2 Å². The number of carboxylic acid groups (broad SMARTS) is 1. The molecule has 2 rings (SSSR count). The van der Waals surface area contributed by atoms with E-state index in [1.54, 1.807) is 33.9 Å². The van der Waals surface area contributed by atoms with Crippen LogP contribution in [-0.2, 0) is 44.8 Å². The molecule has 0 radical (unpaired) electrons. The minimum atomic E-state index is -1.57. The maximum atomic E-state index is 14.5. The van der Waals surface area contributed by atoms with Crippen LogP contribution in [0.1, 0.15) is 93.6 Å². The number of amides is 7. The summed E-state index contributed by atoms with van der Waals surface area (Å²) in [7, 11) is 0. The lowest BCUT2D eigenvalue weighted by molar-refractivity contribution is -0.142. The van der Waals surface area contributed by atoms with Crippen molar-refractivity contribution in [2.45, 2.75) is 149 Å². The second kappa shape index (κ2) is 26.6. The van der Waals surface area contributed by atoms with Crippen LogP contribution in [0, 0.1) is 23.2 Å². The Morgan fingerprint density at radius 3 is 1.65 bits per heavy atom. The van der Waals surface area contributed by atoms with Crippen molar-refractivity contribution in [1.29, 1.82) is 5.41 Å². The summed E-state index contributed by atoms with van der Waals surface area (Å²) < 4.78 is 0. The van der Waals surface area contributed by atoms with Crippen molar-refractivity contribution in [2.24, 2.45) is 29.2 Å². The minimum Gasteiger partial charge on any atom is -0.480 e. The molecular formula is C44H72N12O10. The summed E-state index contributed by atoms with van der Waals surface area (Å²) in [6.45, 7) is 14.7. The predicted octanol–water partition coefficient (Wildman–Crippen LogP) is -1.05. The van der Waals surface area contributed by atoms with Gasteiger partial charge in [-0.2, -0.15) is 0 Å². The number of hydrogen-bond donors (Lipinski definition) is 14. The quantitative estimate of drug-likeness (QED) is 0.0289. The molecule has 1 aromatic heterocycles. The summed E-state index contributed by atoms with van der Waals surface area (Å²) in [5, 5.41) is 48.8. The number of hydrogen-bond acceptors (Lipinski definition) is 11. The predicted molar refractivity (Wildman–Crippen MR) is 247 cm³/mol. The molecule has 1 heterocycles. The number of aliphatic hydroxyl groups is 1. The molecule has 1 aromatic carbocycles. The lowest BCUT2D eigenvalue weighted by Gasteiger charge is -2.29. The first kappa shape index (κ1) is 55.8. The molecule has 0 fully saturated rings. The molecule has 22 nitrogen and oxygen atoms in total. The first-order valence-electron chi connectivity index (χ1n) is 22.2. The molecule has 66 heavy (non-hydrogen) atoms. The molecule has 0 aliphatic carbocycles. The normalized spacial score (nSPS) is 15.5. The number of aliphatic hydroxyl groups excluding tert-OH is 1. The number of nitrogens with one attached hydrogen (secondary N) is 10. The van der Waals surface area contributed by atoms with Gasteiger partial charge in [0.2, 0.25) is 41.4 Å². The zero-order valence-electron chi connectivity index (χ0n) is 39.4. The topological polar surface area (TPSA) is 365 Å². The second-order valence-electron chi connectivity index (χ2n) is 17.9. The second-order valence-corrected chi connectivity index (χ2v) is 17.9. The van der Waals surface area contributed by atoms with Crippen molar-refractivity contribution >= 4 is 64.2 Å². The Kier molecular flexibility index (Phi) is 22.5. The van der Waals surface area contributed by atoms with Crippen LogP contribution in [0.15, 0.2) is 30.5 Å². The van der Waals surface area contributed by atoms with Crippen molar-refractivity contribution in [3.8, 4) is 0 Å². The molecule has 0 bridgehead atoms. The molecule has 0 saturated carbocycles. The highest BCUT2D eigenvalue weighted by Crippen LogP contribution is 2.20. The molecule has 2 aromatic rings. The number of carbonyl (C=O) groups is 8. The summed E-state index contributed by atoms with van der Waals surface area (Å²) >= 11 is 0. The number of aromatic nitrogens is 1. The van der Waals surface area contributed by atoms with Crippen molar-refractivity contribution in [3.05, 3.63) is 36.0 Å². The fraction of sp³-hybridized carbons (Fsp3) is 0.614. The van der Waals surface area contributed by atoms with Crippen LogP contribution in [0.4, 0.5) is 0 Å². The van der Waals surface area contributed by atoms with Crippen LogP contribution in [0.3, 0.4) is 0 Å². The Balaban J connectivity index is 2.53. The van der Waals surface area contributed by atoms with E-state index >= 15 is 0 Å². The minimum absolute atomic E-state index is 0.0131. The van der Waals surface area contributed by atoms with E-state index in [1.165, 1.54) is 20.8 Å². The standard InChI is InChI=1S/C44H72N12O10/c1-21(2)17-31(38(60)53-32(18-22(3)4)40(62)56-35(26(9)57)42(64)50-25(8)43(65)66)52-39(61)33(19-27-20-49-29-14-11-10-13-28(27)29)54-37(59)30(15-12-16-48-44(46)47)51-41(63)34(23(5)6)55-36(58)24(7)45/h10-11,13-14,20-26,30-35,49,57H,12,15-19,45H2,1-9H3,(H,50,64)(H,51,63)(H,52,61)(H,53,60)(H,54,59)(H,55,58)(H,56,62)(H,65,66)(H4,46,47,48)/t24-,25-,26+,30-,31-,32-,33-,34-,35-/m0/s1. The number of aliphatic carboxylic acids is 1. The average molecular weight is 929 g/mol. The zero-order valence-corrected chi connectivity index (χ0v) is 39.4. The lowest BCUT2D eigenvalue weighted by Crippen LogP contribution is -2.61. The Morgan fingerprint density at radius 2 is 1.14 bits per heavy atom. The lowest BCUT2D eigenvalue weighted by atomic mass is 9.98. The number of rotatable bonds is 27. The Bertz CT molecular complexity index is 2000. The van der Waals surface area contributed by atoms with Gasteiger partial charge in [-0.25, -0.2) is 0 Å². The van der Waals surface area contributed by atoms with Crippen LogP contribution in [0.5, 0.6) is 0 Å². The van der Waals surface area contributed by atoms with Gasteiger partial charge in [0, 0.05) is 30.1 Å². The Hall–Kier alpha value is -6.29. The van der Waals surface area contributed by atoms with Crippen molar-refractivity contribution in [2.75, 3.05) is 6.54 Å². The first-order chi connectivity index (χ1) is 30.8. The summed E-state index contributed by atoms with van der Waals surface area (Å²) in [6, 6.07) is -2.74.